The Balaban J connectivity index is 0.00000121. The first-order valence-electron chi connectivity index (χ1n) is 3.40. The van der Waals surface area contributed by atoms with Gasteiger partial charge in [-0.3, -0.25) is 9.78 Å². The largest absolute Gasteiger partial charge is 0.481 e. The molecule has 0 atom stereocenters. The van der Waals surface area contributed by atoms with Crippen molar-refractivity contribution >= 4 is 18.4 Å². The lowest BCUT2D eigenvalue weighted by molar-refractivity contribution is -0.136. The Morgan fingerprint density at radius 3 is 2.50 bits per heavy atom. The van der Waals surface area contributed by atoms with Crippen LogP contribution in [0.4, 0.5) is 0 Å². The Bertz CT molecular complexity index is 238. The number of aliphatic carboxylic acids is 1. The van der Waals surface area contributed by atoms with E-state index in [0.717, 1.165) is 5.56 Å². The number of halogens is 1. The summed E-state index contributed by atoms with van der Waals surface area (Å²) in [7, 11) is 0. The first kappa shape index (κ1) is 10.9. The molecule has 0 aliphatic heterocycles. The third-order valence-corrected chi connectivity index (χ3v) is 1.38. The molecular weight excluding hydrogens is 178 g/mol. The number of carboxylic acids is 1. The zero-order valence-electron chi connectivity index (χ0n) is 6.43. The van der Waals surface area contributed by atoms with Gasteiger partial charge in [-0.2, -0.15) is 0 Å². The molecule has 0 amide bonds. The number of hydrogen-bond donors (Lipinski definition) is 1. The average molecular weight is 188 g/mol. The fourth-order valence-electron chi connectivity index (χ4n) is 0.801. The molecule has 1 heterocycles. The van der Waals surface area contributed by atoms with E-state index >= 15 is 0 Å². The second-order valence-electron chi connectivity index (χ2n) is 2.25. The number of hydrogen-bond acceptors (Lipinski definition) is 2. The van der Waals surface area contributed by atoms with E-state index < -0.39 is 5.97 Å². The molecule has 4 heteroatoms. The van der Waals surface area contributed by atoms with E-state index in [1.807, 2.05) is 12.1 Å². The first-order chi connectivity index (χ1) is 5.29. The van der Waals surface area contributed by atoms with Crippen LogP contribution in [0, 0.1) is 0 Å². The van der Waals surface area contributed by atoms with E-state index in [4.69, 9.17) is 5.11 Å². The molecule has 1 N–H and O–H groups in total. The third kappa shape index (κ3) is 3.93. The van der Waals surface area contributed by atoms with Crippen molar-refractivity contribution in [3.05, 3.63) is 30.1 Å². The Hall–Kier alpha value is -1.09. The molecule has 12 heavy (non-hydrogen) atoms. The molecule has 0 aliphatic carbocycles. The lowest BCUT2D eigenvalue weighted by atomic mass is 10.1. The minimum atomic E-state index is -0.762. The molecule has 3 nitrogen and oxygen atoms in total. The van der Waals surface area contributed by atoms with E-state index in [1.54, 1.807) is 12.4 Å². The van der Waals surface area contributed by atoms with Gasteiger partial charge in [-0.1, -0.05) is 0 Å². The van der Waals surface area contributed by atoms with Gasteiger partial charge in [0.05, 0.1) is 0 Å². The molecule has 66 valence electrons. The van der Waals surface area contributed by atoms with Crippen molar-refractivity contribution in [2.75, 3.05) is 0 Å². The van der Waals surface area contributed by atoms with E-state index in [2.05, 4.69) is 4.98 Å². The van der Waals surface area contributed by atoms with Gasteiger partial charge in [0.25, 0.3) is 0 Å². The van der Waals surface area contributed by atoms with Crippen LogP contribution in [0.5, 0.6) is 0 Å². The van der Waals surface area contributed by atoms with Crippen LogP contribution in [0.2, 0.25) is 0 Å². The van der Waals surface area contributed by atoms with E-state index in [9.17, 15) is 4.79 Å². The smallest absolute Gasteiger partial charge is 0.303 e. The van der Waals surface area contributed by atoms with Crippen molar-refractivity contribution < 1.29 is 9.90 Å². The molecule has 0 fully saturated rings. The number of nitrogens with zero attached hydrogens (tertiary/aromatic N) is 1. The van der Waals surface area contributed by atoms with Gasteiger partial charge in [-0.05, 0) is 24.1 Å². The lowest BCUT2D eigenvalue weighted by Gasteiger charge is -1.95. The normalized spacial score (nSPS) is 8.67. The average Bonchev–Trinajstić information content (AvgIpc) is 2.03. The van der Waals surface area contributed by atoms with Crippen molar-refractivity contribution in [1.82, 2.24) is 4.98 Å². The number of aryl methyl sites for hydroxylation is 1. The van der Waals surface area contributed by atoms with Crippen LogP contribution in [0.3, 0.4) is 0 Å². The molecule has 1 aromatic heterocycles. The number of aromatic nitrogens is 1. The molecule has 0 saturated carbocycles. The van der Waals surface area contributed by atoms with Crippen molar-refractivity contribution in [1.29, 1.82) is 0 Å². The van der Waals surface area contributed by atoms with Crippen molar-refractivity contribution in [2.24, 2.45) is 0 Å². The summed E-state index contributed by atoms with van der Waals surface area (Å²) in [5.41, 5.74) is 1.02. The predicted molar refractivity (Wildman–Crippen MR) is 47.4 cm³/mol. The second-order valence-corrected chi connectivity index (χ2v) is 2.25. The Kier molecular flexibility index (Phi) is 5.04. The molecule has 1 rings (SSSR count). The van der Waals surface area contributed by atoms with Gasteiger partial charge in [0.1, 0.15) is 0 Å². The van der Waals surface area contributed by atoms with Crippen LogP contribution in [-0.2, 0) is 11.2 Å². The molecular formula is C8H10ClNO2. The van der Waals surface area contributed by atoms with Crippen LogP contribution < -0.4 is 0 Å². The van der Waals surface area contributed by atoms with Crippen LogP contribution in [0.25, 0.3) is 0 Å². The molecule has 0 saturated heterocycles. The minimum absolute atomic E-state index is 0. The highest BCUT2D eigenvalue weighted by molar-refractivity contribution is 5.85. The van der Waals surface area contributed by atoms with Gasteiger partial charge >= 0.3 is 5.97 Å². The summed E-state index contributed by atoms with van der Waals surface area (Å²) in [4.78, 5) is 14.0. The van der Waals surface area contributed by atoms with Crippen LogP contribution in [0.15, 0.2) is 24.5 Å². The van der Waals surface area contributed by atoms with Crippen molar-refractivity contribution in [3.8, 4) is 0 Å². The third-order valence-electron chi connectivity index (χ3n) is 1.38. The van der Waals surface area contributed by atoms with E-state index in [0.29, 0.717) is 6.42 Å². The zero-order valence-corrected chi connectivity index (χ0v) is 7.25. The SMILES string of the molecule is Cl.O=C(O)CCc1ccncc1. The molecule has 0 spiro atoms. The van der Waals surface area contributed by atoms with Gasteiger partial charge in [-0.15, -0.1) is 12.4 Å². The number of rotatable bonds is 3. The van der Waals surface area contributed by atoms with Gasteiger partial charge in [0.2, 0.25) is 0 Å². The van der Waals surface area contributed by atoms with Gasteiger partial charge < -0.3 is 5.11 Å². The summed E-state index contributed by atoms with van der Waals surface area (Å²) in [5, 5.41) is 8.36. The lowest BCUT2D eigenvalue weighted by Crippen LogP contribution is -1.96. The maximum Gasteiger partial charge on any atom is 0.303 e. The Morgan fingerprint density at radius 1 is 1.42 bits per heavy atom. The fraction of sp³-hybridized carbons (Fsp3) is 0.250. The summed E-state index contributed by atoms with van der Waals surface area (Å²) in [6.45, 7) is 0. The molecule has 0 aromatic carbocycles. The first-order valence-corrected chi connectivity index (χ1v) is 3.40. The van der Waals surface area contributed by atoms with Gasteiger partial charge in [0.15, 0.2) is 0 Å². The highest BCUT2D eigenvalue weighted by atomic mass is 35.5. The second kappa shape index (κ2) is 5.55. The standard InChI is InChI=1S/C8H9NO2.ClH/c10-8(11)2-1-7-3-5-9-6-4-7;/h3-6H,1-2H2,(H,10,11);1H. The molecule has 1 aromatic rings. The monoisotopic (exact) mass is 187 g/mol. The van der Waals surface area contributed by atoms with E-state index in [-0.39, 0.29) is 18.8 Å². The van der Waals surface area contributed by atoms with Crippen molar-refractivity contribution in [3.63, 3.8) is 0 Å². The number of pyridine rings is 1. The Labute approximate surface area is 76.9 Å². The molecule has 0 bridgehead atoms. The van der Waals surface area contributed by atoms with Crippen LogP contribution in [-0.4, -0.2) is 16.1 Å². The predicted octanol–water partition coefficient (Wildman–Crippen LogP) is 1.52. The highest BCUT2D eigenvalue weighted by Gasteiger charge is 1.96. The van der Waals surface area contributed by atoms with Crippen LogP contribution >= 0.6 is 12.4 Å². The quantitative estimate of drug-likeness (QED) is 0.781. The summed E-state index contributed by atoms with van der Waals surface area (Å²) < 4.78 is 0. The minimum Gasteiger partial charge on any atom is -0.481 e. The zero-order chi connectivity index (χ0) is 8.10. The maximum atomic E-state index is 10.2. The van der Waals surface area contributed by atoms with Gasteiger partial charge in [0, 0.05) is 18.8 Å². The Morgan fingerprint density at radius 2 is 2.00 bits per heavy atom. The summed E-state index contributed by atoms with van der Waals surface area (Å²) >= 11 is 0. The van der Waals surface area contributed by atoms with Crippen molar-refractivity contribution in [2.45, 2.75) is 12.8 Å². The molecule has 0 aliphatic rings. The fourth-order valence-corrected chi connectivity index (χ4v) is 0.801. The highest BCUT2D eigenvalue weighted by Crippen LogP contribution is 1.99. The topological polar surface area (TPSA) is 50.2 Å². The van der Waals surface area contributed by atoms with E-state index in [1.165, 1.54) is 0 Å². The maximum absolute atomic E-state index is 10.2. The van der Waals surface area contributed by atoms with Crippen LogP contribution in [0.1, 0.15) is 12.0 Å². The molecule has 0 unspecified atom stereocenters. The summed E-state index contributed by atoms with van der Waals surface area (Å²) in [6.07, 6.45) is 4.09. The van der Waals surface area contributed by atoms with Gasteiger partial charge in [-0.25, -0.2) is 0 Å². The molecule has 0 radical (unpaired) electrons. The summed E-state index contributed by atoms with van der Waals surface area (Å²) in [5.74, 6) is -0.762. The number of carbonyl (C=O) groups is 1. The summed E-state index contributed by atoms with van der Waals surface area (Å²) in [6, 6.07) is 3.64. The number of carboxylic acid groups (broad SMARTS) is 1.